The van der Waals surface area contributed by atoms with Gasteiger partial charge in [-0.25, -0.2) is 0 Å². The van der Waals surface area contributed by atoms with E-state index in [0.717, 1.165) is 12.8 Å². The Labute approximate surface area is 123 Å². The molecular weight excluding hydrogens is 279 g/mol. The first kappa shape index (κ1) is 14.1. The van der Waals surface area contributed by atoms with E-state index in [4.69, 9.17) is 23.2 Å². The van der Waals surface area contributed by atoms with Crippen LogP contribution in [0.1, 0.15) is 34.8 Å². The van der Waals surface area contributed by atoms with Crippen LogP contribution in [0.15, 0.2) is 42.5 Å². The minimum atomic E-state index is -0.0402. The summed E-state index contributed by atoms with van der Waals surface area (Å²) in [6.07, 6.45) is 2.13. The second-order valence-electron chi connectivity index (χ2n) is 4.40. The zero-order valence-corrected chi connectivity index (χ0v) is 12.1. The Kier molecular flexibility index (Phi) is 4.62. The number of hydrogen-bond donors (Lipinski definition) is 0. The normalized spacial score (nSPS) is 10.5. The van der Waals surface area contributed by atoms with Crippen molar-refractivity contribution in [3.63, 3.8) is 0 Å². The van der Waals surface area contributed by atoms with E-state index < -0.39 is 0 Å². The molecule has 0 saturated heterocycles. The Bertz CT molecular complexity index is 588. The van der Waals surface area contributed by atoms with Crippen LogP contribution in [-0.4, -0.2) is 5.78 Å². The van der Waals surface area contributed by atoms with E-state index in [-0.39, 0.29) is 5.78 Å². The molecule has 2 rings (SSSR count). The molecule has 19 heavy (non-hydrogen) atoms. The summed E-state index contributed by atoms with van der Waals surface area (Å²) in [7, 11) is 0. The summed E-state index contributed by atoms with van der Waals surface area (Å²) in [5.41, 5.74) is 2.46. The van der Waals surface area contributed by atoms with Crippen LogP contribution in [0.2, 0.25) is 10.0 Å². The molecular formula is C16H14Cl2O. The fourth-order valence-corrected chi connectivity index (χ4v) is 2.21. The molecule has 2 aromatic rings. The van der Waals surface area contributed by atoms with Gasteiger partial charge in [-0.15, -0.1) is 0 Å². The number of aryl methyl sites for hydroxylation is 1. The number of carbonyl (C=O) groups is 1. The van der Waals surface area contributed by atoms with Crippen LogP contribution in [-0.2, 0) is 6.42 Å². The van der Waals surface area contributed by atoms with Gasteiger partial charge < -0.3 is 0 Å². The molecule has 0 bridgehead atoms. The monoisotopic (exact) mass is 292 g/mol. The van der Waals surface area contributed by atoms with E-state index in [1.54, 1.807) is 18.2 Å². The summed E-state index contributed by atoms with van der Waals surface area (Å²) >= 11 is 11.8. The quantitative estimate of drug-likeness (QED) is 0.710. The number of benzene rings is 2. The fourth-order valence-electron chi connectivity index (χ4n) is 1.92. The average molecular weight is 293 g/mol. The molecule has 0 aliphatic heterocycles. The fraction of sp³-hybridized carbons (Fsp3) is 0.188. The smallest absolute Gasteiger partial charge is 0.193 e. The highest BCUT2D eigenvalue weighted by molar-refractivity contribution is 6.42. The maximum absolute atomic E-state index is 12.3. The Morgan fingerprint density at radius 3 is 2.16 bits per heavy atom. The molecule has 0 radical (unpaired) electrons. The third kappa shape index (κ3) is 3.37. The van der Waals surface area contributed by atoms with Gasteiger partial charge in [-0.3, -0.25) is 4.79 Å². The van der Waals surface area contributed by atoms with Gasteiger partial charge in [0.1, 0.15) is 0 Å². The van der Waals surface area contributed by atoms with Crippen LogP contribution in [0.3, 0.4) is 0 Å². The summed E-state index contributed by atoms with van der Waals surface area (Å²) in [5, 5.41) is 0.853. The molecule has 2 aromatic carbocycles. The summed E-state index contributed by atoms with van der Waals surface area (Å²) in [5.74, 6) is -0.0402. The molecule has 1 nitrogen and oxygen atoms in total. The third-order valence-electron chi connectivity index (χ3n) is 2.94. The minimum Gasteiger partial charge on any atom is -0.289 e. The number of rotatable bonds is 4. The highest BCUT2D eigenvalue weighted by atomic mass is 35.5. The maximum atomic E-state index is 12.3. The predicted molar refractivity (Wildman–Crippen MR) is 80.3 cm³/mol. The number of halogens is 2. The van der Waals surface area contributed by atoms with E-state index in [1.165, 1.54) is 5.56 Å². The molecule has 0 spiro atoms. The third-order valence-corrected chi connectivity index (χ3v) is 3.68. The van der Waals surface area contributed by atoms with Crippen molar-refractivity contribution in [3.8, 4) is 0 Å². The van der Waals surface area contributed by atoms with Gasteiger partial charge in [0, 0.05) is 11.1 Å². The topological polar surface area (TPSA) is 17.1 Å². The van der Waals surface area contributed by atoms with E-state index in [2.05, 4.69) is 6.92 Å². The molecule has 0 aromatic heterocycles. The molecule has 0 unspecified atom stereocenters. The number of carbonyl (C=O) groups excluding carboxylic acids is 1. The molecule has 0 atom stereocenters. The van der Waals surface area contributed by atoms with Gasteiger partial charge in [-0.1, -0.05) is 60.8 Å². The molecule has 3 heteroatoms. The second-order valence-corrected chi connectivity index (χ2v) is 5.22. The van der Waals surface area contributed by atoms with Crippen LogP contribution in [0.25, 0.3) is 0 Å². The van der Waals surface area contributed by atoms with Gasteiger partial charge in [0.15, 0.2) is 5.78 Å². The van der Waals surface area contributed by atoms with Gasteiger partial charge in [-0.05, 0) is 30.2 Å². The van der Waals surface area contributed by atoms with Crippen molar-refractivity contribution in [2.24, 2.45) is 0 Å². The van der Waals surface area contributed by atoms with Crippen molar-refractivity contribution in [1.29, 1.82) is 0 Å². The first-order chi connectivity index (χ1) is 9.11. The zero-order chi connectivity index (χ0) is 13.8. The predicted octanol–water partition coefficient (Wildman–Crippen LogP) is 5.18. The van der Waals surface area contributed by atoms with Gasteiger partial charge >= 0.3 is 0 Å². The molecule has 98 valence electrons. The first-order valence-corrected chi connectivity index (χ1v) is 6.96. The average Bonchev–Trinajstić information content (AvgIpc) is 2.42. The summed E-state index contributed by atoms with van der Waals surface area (Å²) in [6, 6.07) is 12.6. The van der Waals surface area contributed by atoms with Gasteiger partial charge in [0.2, 0.25) is 0 Å². The van der Waals surface area contributed by atoms with Crippen LogP contribution < -0.4 is 0 Å². The second kappa shape index (κ2) is 6.23. The number of hydrogen-bond acceptors (Lipinski definition) is 1. The maximum Gasteiger partial charge on any atom is 0.193 e. The Morgan fingerprint density at radius 2 is 1.58 bits per heavy atom. The Balaban J connectivity index is 2.25. The summed E-state index contributed by atoms with van der Waals surface area (Å²) < 4.78 is 0. The van der Waals surface area contributed by atoms with Crippen molar-refractivity contribution in [2.45, 2.75) is 19.8 Å². The standard InChI is InChI=1S/C16H14Cl2O/c1-2-3-11-4-6-12(7-5-11)16(19)13-8-9-14(17)15(18)10-13/h4-10H,2-3H2,1H3. The van der Waals surface area contributed by atoms with Crippen molar-refractivity contribution in [1.82, 2.24) is 0 Å². The van der Waals surface area contributed by atoms with Crippen LogP contribution in [0.5, 0.6) is 0 Å². The van der Waals surface area contributed by atoms with Gasteiger partial charge in [0.25, 0.3) is 0 Å². The van der Waals surface area contributed by atoms with Crippen molar-refractivity contribution in [3.05, 3.63) is 69.2 Å². The molecule has 0 aliphatic rings. The summed E-state index contributed by atoms with van der Waals surface area (Å²) in [6.45, 7) is 2.13. The Morgan fingerprint density at radius 1 is 0.947 bits per heavy atom. The Hall–Kier alpha value is -1.31. The van der Waals surface area contributed by atoms with Crippen LogP contribution >= 0.6 is 23.2 Å². The van der Waals surface area contributed by atoms with Crippen molar-refractivity contribution < 1.29 is 4.79 Å². The molecule has 0 aliphatic carbocycles. The largest absolute Gasteiger partial charge is 0.289 e. The summed E-state index contributed by atoms with van der Waals surface area (Å²) in [4.78, 5) is 12.3. The highest BCUT2D eigenvalue weighted by Gasteiger charge is 2.10. The lowest BCUT2D eigenvalue weighted by Gasteiger charge is -2.04. The zero-order valence-electron chi connectivity index (χ0n) is 10.6. The van der Waals surface area contributed by atoms with Crippen molar-refractivity contribution >= 4 is 29.0 Å². The highest BCUT2D eigenvalue weighted by Crippen LogP contribution is 2.24. The van der Waals surface area contributed by atoms with Crippen LogP contribution in [0, 0.1) is 0 Å². The number of ketones is 1. The minimum absolute atomic E-state index is 0.0402. The SMILES string of the molecule is CCCc1ccc(C(=O)c2ccc(Cl)c(Cl)c2)cc1. The lowest BCUT2D eigenvalue weighted by Crippen LogP contribution is -2.01. The van der Waals surface area contributed by atoms with E-state index in [9.17, 15) is 4.79 Å². The van der Waals surface area contributed by atoms with Crippen molar-refractivity contribution in [2.75, 3.05) is 0 Å². The molecule has 0 heterocycles. The van der Waals surface area contributed by atoms with E-state index in [1.807, 2.05) is 24.3 Å². The molecule has 0 N–H and O–H groups in total. The lowest BCUT2D eigenvalue weighted by molar-refractivity contribution is 0.103. The van der Waals surface area contributed by atoms with E-state index in [0.29, 0.717) is 21.2 Å². The van der Waals surface area contributed by atoms with Gasteiger partial charge in [0.05, 0.1) is 10.0 Å². The van der Waals surface area contributed by atoms with Gasteiger partial charge in [-0.2, -0.15) is 0 Å². The molecule has 0 saturated carbocycles. The molecule has 0 amide bonds. The first-order valence-electron chi connectivity index (χ1n) is 6.20. The van der Waals surface area contributed by atoms with Crippen LogP contribution in [0.4, 0.5) is 0 Å². The van der Waals surface area contributed by atoms with E-state index >= 15 is 0 Å². The lowest BCUT2D eigenvalue weighted by atomic mass is 10.0. The molecule has 0 fully saturated rings.